The molecule has 0 aliphatic carbocycles. The van der Waals surface area contributed by atoms with E-state index < -0.39 is 29.7 Å². The third-order valence-corrected chi connectivity index (χ3v) is 7.12. The summed E-state index contributed by atoms with van der Waals surface area (Å²) in [5.41, 5.74) is -1.38. The van der Waals surface area contributed by atoms with Crippen molar-refractivity contribution in [3.8, 4) is 23.3 Å². The molecule has 242 valence electrons. The maximum absolute atomic E-state index is 13.5. The first kappa shape index (κ1) is 32.2. The molecule has 4 aromatic heterocycles. The second-order valence-corrected chi connectivity index (χ2v) is 10.5. The van der Waals surface area contributed by atoms with Crippen LogP contribution < -0.4 is 26.3 Å². The van der Waals surface area contributed by atoms with Crippen LogP contribution in [-0.4, -0.2) is 53.9 Å². The van der Waals surface area contributed by atoms with Crippen LogP contribution in [0.25, 0.3) is 22.6 Å². The Labute approximate surface area is 260 Å². The predicted octanol–water partition coefficient (Wildman–Crippen LogP) is 3.92. The SMILES string of the molecule is Cc1ccccc1OCCCOc1nc2c(=O)n(CCCCc3noc(-c4ccccn4)n3)c(=O)n(CCCC(F)F)c2c(=O)[nH]1. The van der Waals surface area contributed by atoms with E-state index in [1.165, 1.54) is 0 Å². The second kappa shape index (κ2) is 15.2. The lowest BCUT2D eigenvalue weighted by molar-refractivity contribution is 0.133. The molecule has 46 heavy (non-hydrogen) atoms. The molecule has 0 saturated heterocycles. The smallest absolute Gasteiger partial charge is 0.331 e. The van der Waals surface area contributed by atoms with Gasteiger partial charge in [-0.15, -0.1) is 0 Å². The van der Waals surface area contributed by atoms with Crippen LogP contribution in [0.2, 0.25) is 0 Å². The number of pyridine rings is 1. The van der Waals surface area contributed by atoms with E-state index in [0.29, 0.717) is 43.8 Å². The quantitative estimate of drug-likeness (QED) is 0.157. The Morgan fingerprint density at radius 2 is 1.70 bits per heavy atom. The molecule has 0 amide bonds. The summed E-state index contributed by atoms with van der Waals surface area (Å²) in [6.07, 6.45) is 0.206. The average molecular weight is 638 g/mol. The molecule has 0 bridgehead atoms. The van der Waals surface area contributed by atoms with Crippen LogP contribution >= 0.6 is 0 Å². The molecule has 0 aliphatic rings. The molecule has 5 aromatic rings. The highest BCUT2D eigenvalue weighted by molar-refractivity contribution is 5.72. The maximum atomic E-state index is 13.5. The van der Waals surface area contributed by atoms with Gasteiger partial charge < -0.3 is 14.0 Å². The zero-order chi connectivity index (χ0) is 32.5. The van der Waals surface area contributed by atoms with Crippen molar-refractivity contribution in [3.63, 3.8) is 0 Å². The van der Waals surface area contributed by atoms with Gasteiger partial charge in [-0.05, 0) is 49.9 Å². The molecule has 0 unspecified atom stereocenters. The van der Waals surface area contributed by atoms with Gasteiger partial charge in [0, 0.05) is 38.5 Å². The highest BCUT2D eigenvalue weighted by atomic mass is 19.3. The number of aromatic nitrogens is 7. The van der Waals surface area contributed by atoms with Crippen LogP contribution in [0, 0.1) is 6.92 Å². The van der Waals surface area contributed by atoms with E-state index in [0.717, 1.165) is 20.4 Å². The van der Waals surface area contributed by atoms with Crippen molar-refractivity contribution >= 4 is 11.0 Å². The number of nitrogens with one attached hydrogen (secondary N) is 1. The molecule has 0 aliphatic heterocycles. The van der Waals surface area contributed by atoms with Gasteiger partial charge in [0.15, 0.2) is 11.3 Å². The number of hydrogen-bond acceptors (Lipinski definition) is 10. The second-order valence-electron chi connectivity index (χ2n) is 10.5. The Bertz CT molecular complexity index is 1940. The highest BCUT2D eigenvalue weighted by Gasteiger charge is 2.19. The van der Waals surface area contributed by atoms with E-state index in [9.17, 15) is 23.2 Å². The zero-order valence-electron chi connectivity index (χ0n) is 25.2. The first-order valence-corrected chi connectivity index (χ1v) is 14.9. The van der Waals surface area contributed by atoms with Crippen LogP contribution in [0.3, 0.4) is 0 Å². The van der Waals surface area contributed by atoms with Gasteiger partial charge in [-0.2, -0.15) is 9.97 Å². The molecule has 0 fully saturated rings. The molecular formula is C31H33F2N7O6. The summed E-state index contributed by atoms with van der Waals surface area (Å²) in [6.45, 7) is 2.20. The van der Waals surface area contributed by atoms with E-state index >= 15 is 0 Å². The molecule has 13 nitrogen and oxygen atoms in total. The molecule has 0 atom stereocenters. The van der Waals surface area contributed by atoms with E-state index in [1.807, 2.05) is 31.2 Å². The van der Waals surface area contributed by atoms with Crippen molar-refractivity contribution in [3.05, 3.63) is 91.2 Å². The van der Waals surface area contributed by atoms with Crippen molar-refractivity contribution in [2.45, 2.75) is 65.0 Å². The summed E-state index contributed by atoms with van der Waals surface area (Å²) in [5, 5.41) is 3.96. The van der Waals surface area contributed by atoms with E-state index in [1.54, 1.807) is 24.4 Å². The lowest BCUT2D eigenvalue weighted by atomic mass is 10.2. The minimum atomic E-state index is -2.58. The number of hydrogen-bond donors (Lipinski definition) is 1. The summed E-state index contributed by atoms with van der Waals surface area (Å²) in [5.74, 6) is 1.47. The Morgan fingerprint density at radius 3 is 2.48 bits per heavy atom. The Kier molecular flexibility index (Phi) is 10.6. The molecule has 0 spiro atoms. The van der Waals surface area contributed by atoms with Gasteiger partial charge >= 0.3 is 5.69 Å². The molecule has 1 N–H and O–H groups in total. The molecule has 4 heterocycles. The number of alkyl halides is 2. The van der Waals surface area contributed by atoms with Crippen LogP contribution in [0.15, 0.2) is 67.6 Å². The van der Waals surface area contributed by atoms with Crippen molar-refractivity contribution in [1.29, 1.82) is 0 Å². The van der Waals surface area contributed by atoms with Gasteiger partial charge in [0.25, 0.3) is 23.0 Å². The van der Waals surface area contributed by atoms with Gasteiger partial charge in [-0.3, -0.25) is 28.7 Å². The third kappa shape index (κ3) is 7.89. The van der Waals surface area contributed by atoms with Gasteiger partial charge in [0.1, 0.15) is 17.0 Å². The zero-order valence-corrected chi connectivity index (χ0v) is 25.2. The number of para-hydroxylation sites is 1. The monoisotopic (exact) mass is 637 g/mol. The summed E-state index contributed by atoms with van der Waals surface area (Å²) < 4.78 is 44.4. The number of halogens is 2. The molecule has 0 saturated carbocycles. The number of H-pyrrole nitrogens is 1. The van der Waals surface area contributed by atoms with Crippen LogP contribution in [0.5, 0.6) is 11.8 Å². The Balaban J connectivity index is 1.30. The first-order chi connectivity index (χ1) is 22.3. The first-order valence-electron chi connectivity index (χ1n) is 14.9. The van der Waals surface area contributed by atoms with Crippen molar-refractivity contribution in [2.24, 2.45) is 0 Å². The number of nitrogens with zero attached hydrogens (tertiary/aromatic N) is 6. The number of unbranched alkanes of at least 4 members (excludes halogenated alkanes) is 1. The fraction of sp³-hybridized carbons (Fsp3) is 0.387. The highest BCUT2D eigenvalue weighted by Crippen LogP contribution is 2.17. The Morgan fingerprint density at radius 1 is 0.913 bits per heavy atom. The van der Waals surface area contributed by atoms with Gasteiger partial charge in [0.2, 0.25) is 6.43 Å². The summed E-state index contributed by atoms with van der Waals surface area (Å²) >= 11 is 0. The van der Waals surface area contributed by atoms with Crippen LogP contribution in [0.1, 0.15) is 43.5 Å². The fourth-order valence-electron chi connectivity index (χ4n) is 4.81. The standard InChI is InChI=1S/C31H33F2N7O6/c1-20-10-2-3-12-22(20)44-18-9-19-45-30-36-25-26(27(41)37-30)39(17-8-13-23(32)33)31(43)40(29(25)42)16-7-5-14-24-35-28(46-38-24)21-11-4-6-15-34-21/h2-4,6,10-12,15,23H,5,7-9,13-14,16-19H2,1H3,(H,36,37,41). The van der Waals surface area contributed by atoms with Gasteiger partial charge in [-0.1, -0.05) is 29.4 Å². The number of rotatable bonds is 16. The van der Waals surface area contributed by atoms with Gasteiger partial charge in [-0.25, -0.2) is 13.6 Å². The average Bonchev–Trinajstić information content (AvgIpc) is 3.52. The van der Waals surface area contributed by atoms with E-state index in [2.05, 4.69) is 25.1 Å². The molecule has 15 heteroatoms. The number of benzene rings is 1. The maximum Gasteiger partial charge on any atom is 0.331 e. The third-order valence-electron chi connectivity index (χ3n) is 7.12. The predicted molar refractivity (Wildman–Crippen MR) is 163 cm³/mol. The minimum absolute atomic E-state index is 0.00564. The normalized spacial score (nSPS) is 11.4. The summed E-state index contributed by atoms with van der Waals surface area (Å²) in [4.78, 5) is 55.1. The van der Waals surface area contributed by atoms with Crippen molar-refractivity contribution in [1.82, 2.24) is 34.2 Å². The largest absolute Gasteiger partial charge is 0.493 e. The lowest BCUT2D eigenvalue weighted by Crippen LogP contribution is -2.42. The van der Waals surface area contributed by atoms with E-state index in [4.69, 9.17) is 14.0 Å². The summed E-state index contributed by atoms with van der Waals surface area (Å²) in [7, 11) is 0. The number of aromatic amines is 1. The number of aryl methyl sites for hydroxylation is 3. The number of ether oxygens (including phenoxy) is 2. The molecular weight excluding hydrogens is 604 g/mol. The molecule has 5 rings (SSSR count). The number of fused-ring (bicyclic) bond motifs is 1. The Hall–Kier alpha value is -5.21. The van der Waals surface area contributed by atoms with Crippen LogP contribution in [0.4, 0.5) is 8.78 Å². The fourth-order valence-corrected chi connectivity index (χ4v) is 4.81. The lowest BCUT2D eigenvalue weighted by Gasteiger charge is -2.14. The molecule has 1 aromatic carbocycles. The minimum Gasteiger partial charge on any atom is -0.493 e. The summed E-state index contributed by atoms with van der Waals surface area (Å²) in [6, 6.07) is 12.7. The van der Waals surface area contributed by atoms with Crippen LogP contribution in [-0.2, 0) is 19.5 Å². The van der Waals surface area contributed by atoms with Crippen molar-refractivity contribution in [2.75, 3.05) is 13.2 Å². The van der Waals surface area contributed by atoms with Gasteiger partial charge in [0.05, 0.1) is 13.2 Å². The topological polar surface area (TPSA) is 160 Å². The van der Waals surface area contributed by atoms with E-state index in [-0.39, 0.29) is 49.1 Å². The van der Waals surface area contributed by atoms with Crippen molar-refractivity contribution < 1.29 is 22.8 Å². The molecule has 0 radical (unpaired) electrons.